The Kier molecular flexibility index (Phi) is 3.33. The second kappa shape index (κ2) is 4.02. The number of hydrogen-bond acceptors (Lipinski definition) is 2. The quantitative estimate of drug-likeness (QED) is 0.580. The van der Waals surface area contributed by atoms with Crippen molar-refractivity contribution < 1.29 is 4.79 Å². The third-order valence-corrected chi connectivity index (χ3v) is 1.50. The van der Waals surface area contributed by atoms with Crippen LogP contribution >= 0.6 is 9.39 Å². The molecule has 1 unspecified atom stereocenters. The molecule has 1 atom stereocenters. The average Bonchev–Trinajstić information content (AvgIpc) is 2.04. The van der Waals surface area contributed by atoms with Crippen LogP contribution in [0.3, 0.4) is 0 Å². The van der Waals surface area contributed by atoms with E-state index in [0.29, 0.717) is 5.56 Å². The summed E-state index contributed by atoms with van der Waals surface area (Å²) in [5.74, 6) is 0. The van der Waals surface area contributed by atoms with E-state index in [4.69, 9.17) is 0 Å². The van der Waals surface area contributed by atoms with Gasteiger partial charge in [-0.2, -0.15) is 6.07 Å². The molecule has 1 aromatic rings. The Morgan fingerprint density at radius 2 is 2.00 bits per heavy atom. The number of nitrogens with one attached hydrogen (secondary N) is 1. The SMILES string of the molecule is O=[C-]c1ccccc1NP.[Rf]. The summed E-state index contributed by atoms with van der Waals surface area (Å²) < 4.78 is 0. The van der Waals surface area contributed by atoms with Crippen molar-refractivity contribution >= 4 is 21.4 Å². The summed E-state index contributed by atoms with van der Waals surface area (Å²) in [4.78, 5) is 10.2. The van der Waals surface area contributed by atoms with Crippen molar-refractivity contribution in [1.29, 1.82) is 0 Å². The molecule has 4 heteroatoms. The van der Waals surface area contributed by atoms with Gasteiger partial charge in [0.1, 0.15) is 0 Å². The van der Waals surface area contributed by atoms with Crippen molar-refractivity contribution in [3.63, 3.8) is 0 Å². The van der Waals surface area contributed by atoms with E-state index in [0.717, 1.165) is 5.69 Å². The maximum Gasteiger partial charge on any atom is 0.0646 e. The summed E-state index contributed by atoms with van der Waals surface area (Å²) in [6, 6.07) is 7.17. The van der Waals surface area contributed by atoms with Gasteiger partial charge >= 0.3 is 0 Å². The smallest absolute Gasteiger partial charge is 0.0646 e. The van der Waals surface area contributed by atoms with Crippen molar-refractivity contribution in [2.45, 2.75) is 0 Å². The molecule has 54 valence electrons. The maximum absolute atomic E-state index is 10.2. The van der Waals surface area contributed by atoms with E-state index in [1.807, 2.05) is 18.4 Å². The summed E-state index contributed by atoms with van der Waals surface area (Å²) in [5, 5.41) is 2.80. The third kappa shape index (κ3) is 1.77. The Morgan fingerprint density at radius 3 is 2.45 bits per heavy atom. The van der Waals surface area contributed by atoms with Crippen molar-refractivity contribution in [2.24, 2.45) is 0 Å². The van der Waals surface area contributed by atoms with Crippen LogP contribution in [-0.4, -0.2) is 6.29 Å². The molecule has 1 aromatic carbocycles. The molecule has 0 fully saturated rings. The molecule has 0 aliphatic rings. The first kappa shape index (κ1) is 9.12. The van der Waals surface area contributed by atoms with Crippen molar-refractivity contribution in [1.82, 2.24) is 0 Å². The number of benzene rings is 1. The van der Waals surface area contributed by atoms with E-state index in [2.05, 4.69) is 14.5 Å². The Balaban J connectivity index is 0.000001000. The van der Waals surface area contributed by atoms with Crippen LogP contribution in [-0.2, 0) is 4.79 Å². The Morgan fingerprint density at radius 1 is 1.36 bits per heavy atom. The van der Waals surface area contributed by atoms with Gasteiger partial charge in [0.05, 0.1) is 6.29 Å². The fourth-order valence-electron chi connectivity index (χ4n) is 0.698. The van der Waals surface area contributed by atoms with Gasteiger partial charge in [-0.3, -0.25) is 0 Å². The minimum Gasteiger partial charge on any atom is -0.421 e. The number of para-hydroxylation sites is 1. The van der Waals surface area contributed by atoms with Gasteiger partial charge in [0, 0.05) is 0 Å². The molecule has 0 aromatic heterocycles. The predicted molar refractivity (Wildman–Crippen MR) is 44.6 cm³/mol. The van der Waals surface area contributed by atoms with Crippen LogP contribution in [0.15, 0.2) is 24.3 Å². The van der Waals surface area contributed by atoms with Gasteiger partial charge in [-0.05, 0) is 0 Å². The van der Waals surface area contributed by atoms with E-state index < -0.39 is 0 Å². The summed E-state index contributed by atoms with van der Waals surface area (Å²) >= 11 is 0. The Hall–Kier alpha value is -1.88. The molecule has 0 spiro atoms. The minimum atomic E-state index is 0. The van der Waals surface area contributed by atoms with Crippen LogP contribution in [0.5, 0.6) is 0 Å². The average molecular weight is 419 g/mol. The second-order valence-corrected chi connectivity index (χ2v) is 2.08. The van der Waals surface area contributed by atoms with Crippen LogP contribution in [0.1, 0.15) is 5.56 Å². The number of hydrogen-bond donors (Lipinski definition) is 1. The zero-order valence-corrected chi connectivity index (χ0v) is 13.6. The maximum atomic E-state index is 10.2. The van der Waals surface area contributed by atoms with Gasteiger partial charge < -0.3 is 9.88 Å². The molecule has 0 saturated carbocycles. The third-order valence-electron chi connectivity index (χ3n) is 1.19. The largest absolute Gasteiger partial charge is 0.421 e. The Bertz CT molecular complexity index is 242. The fraction of sp³-hybridized carbons (Fsp3) is 0. The molecule has 0 saturated heterocycles. The molecule has 0 aliphatic heterocycles. The first-order valence-corrected chi connectivity index (χ1v) is 3.40. The summed E-state index contributed by atoms with van der Waals surface area (Å²) in [5.41, 5.74) is 1.33. The number of anilines is 1. The molecule has 0 bridgehead atoms. The molecule has 2 nitrogen and oxygen atoms in total. The van der Waals surface area contributed by atoms with Crippen LogP contribution < -0.4 is 5.09 Å². The van der Waals surface area contributed by atoms with Crippen molar-refractivity contribution in [3.05, 3.63) is 29.8 Å². The van der Waals surface area contributed by atoms with E-state index in [1.54, 1.807) is 12.1 Å². The summed E-state index contributed by atoms with van der Waals surface area (Å²) in [7, 11) is 2.33. The van der Waals surface area contributed by atoms with E-state index in [1.165, 1.54) is 0 Å². The van der Waals surface area contributed by atoms with Crippen molar-refractivity contribution in [2.75, 3.05) is 5.09 Å². The molecule has 1 N–H and O–H groups in total. The van der Waals surface area contributed by atoms with E-state index in [9.17, 15) is 4.79 Å². The first-order chi connectivity index (χ1) is 4.88. The molecule has 0 aliphatic carbocycles. The molecule has 11 heavy (non-hydrogen) atoms. The molecular weight excluding hydrogens is 412 g/mol. The number of rotatable bonds is 2. The fourth-order valence-corrected chi connectivity index (χ4v) is 0.950. The topological polar surface area (TPSA) is 29.1 Å². The molecular formula is C7H7NOPRf-. The van der Waals surface area contributed by atoms with E-state index >= 15 is 0 Å². The van der Waals surface area contributed by atoms with Crippen LogP contribution in [0.4, 0.5) is 5.69 Å². The predicted octanol–water partition coefficient (Wildman–Crippen LogP) is 1.35. The van der Waals surface area contributed by atoms with Gasteiger partial charge in [-0.1, -0.05) is 27.2 Å². The number of carbonyl (C=O) groups excluding carboxylic acids is 1. The van der Waals surface area contributed by atoms with E-state index in [-0.39, 0.29) is 0 Å². The minimum absolute atomic E-state index is 0. The standard InChI is InChI=1S/C7H7NOP.Rf/c9-5-6-3-1-2-4-7(6)8-10;/h1-4,8H,10H2;/q-1;. The van der Waals surface area contributed by atoms with Crippen LogP contribution in [0.2, 0.25) is 0 Å². The zero-order valence-electron chi connectivity index (χ0n) is 6.00. The van der Waals surface area contributed by atoms with Gasteiger partial charge in [-0.25, -0.2) is 0 Å². The second-order valence-electron chi connectivity index (χ2n) is 1.79. The Labute approximate surface area is 61.9 Å². The van der Waals surface area contributed by atoms with Gasteiger partial charge in [0.15, 0.2) is 0 Å². The zero-order chi connectivity index (χ0) is 7.40. The van der Waals surface area contributed by atoms with Crippen molar-refractivity contribution in [3.8, 4) is 0 Å². The molecule has 0 amide bonds. The molecule has 1 rings (SSSR count). The van der Waals surface area contributed by atoms with Crippen LogP contribution in [0.25, 0.3) is 0 Å². The van der Waals surface area contributed by atoms with Crippen LogP contribution in [0, 0.1) is 0 Å². The van der Waals surface area contributed by atoms with Gasteiger partial charge in [-0.15, -0.1) is 11.6 Å². The van der Waals surface area contributed by atoms with Gasteiger partial charge in [0.2, 0.25) is 0 Å². The molecule has 0 heterocycles. The van der Waals surface area contributed by atoms with Gasteiger partial charge in [0.25, 0.3) is 0 Å². The normalized spacial score (nSPS) is 8.09. The summed E-state index contributed by atoms with van der Waals surface area (Å²) in [6.45, 7) is 0. The monoisotopic (exact) mass is 419 g/mol. The first-order valence-electron chi connectivity index (χ1n) is 2.82. The summed E-state index contributed by atoms with van der Waals surface area (Å²) in [6.07, 6.45) is 1.82. The molecule has 0 radical (unpaired) electrons.